The number of hydrogen-bond acceptors (Lipinski definition) is 3. The Kier molecular flexibility index (Phi) is 7.13. The molecule has 1 aromatic heterocycles. The number of nitrogens with zero attached hydrogens (tertiary/aromatic N) is 1. The van der Waals surface area contributed by atoms with E-state index in [1.165, 1.54) is 5.56 Å². The monoisotopic (exact) mass is 312 g/mol. The van der Waals surface area contributed by atoms with Gasteiger partial charge in [-0.25, -0.2) is 0 Å². The summed E-state index contributed by atoms with van der Waals surface area (Å²) in [6.45, 7) is 8.23. The molecule has 0 fully saturated rings. The number of pyridine rings is 1. The Hall–Kier alpha value is -2.49. The van der Waals surface area contributed by atoms with Crippen molar-refractivity contribution in [2.75, 3.05) is 7.05 Å². The predicted molar refractivity (Wildman–Crippen MR) is 93.7 cm³/mol. The van der Waals surface area contributed by atoms with Gasteiger partial charge in [0.25, 0.3) is 5.91 Å². The molecular formula is C19H24N2O2. The van der Waals surface area contributed by atoms with Crippen molar-refractivity contribution in [3.8, 4) is 11.1 Å². The van der Waals surface area contributed by atoms with Crippen LogP contribution in [0, 0.1) is 0 Å². The number of carbonyl (C=O) groups excluding carboxylic acids is 2. The van der Waals surface area contributed by atoms with E-state index in [2.05, 4.69) is 35.4 Å². The van der Waals surface area contributed by atoms with Gasteiger partial charge in [0.2, 0.25) is 0 Å². The van der Waals surface area contributed by atoms with Crippen LogP contribution in [0.15, 0.2) is 36.5 Å². The molecular weight excluding hydrogens is 288 g/mol. The van der Waals surface area contributed by atoms with Crippen molar-refractivity contribution in [2.45, 2.75) is 33.1 Å². The van der Waals surface area contributed by atoms with Crippen molar-refractivity contribution in [3.05, 3.63) is 53.3 Å². The molecule has 4 heteroatoms. The molecule has 0 radical (unpaired) electrons. The van der Waals surface area contributed by atoms with Crippen LogP contribution in [0.3, 0.4) is 0 Å². The average molecular weight is 312 g/mol. The Labute approximate surface area is 138 Å². The molecule has 0 spiro atoms. The molecule has 0 atom stereocenters. The van der Waals surface area contributed by atoms with Crippen LogP contribution in [0.1, 0.15) is 48.3 Å². The third-order valence-electron chi connectivity index (χ3n) is 3.61. The van der Waals surface area contributed by atoms with Crippen LogP contribution in [-0.2, 0) is 11.2 Å². The maximum Gasteiger partial charge on any atom is 0.252 e. The Morgan fingerprint density at radius 2 is 1.91 bits per heavy atom. The van der Waals surface area contributed by atoms with Gasteiger partial charge < -0.3 is 10.1 Å². The lowest BCUT2D eigenvalue weighted by Gasteiger charge is -2.13. The second kappa shape index (κ2) is 8.83. The summed E-state index contributed by atoms with van der Waals surface area (Å²) in [5.74, 6) is 0.132. The van der Waals surface area contributed by atoms with Crippen molar-refractivity contribution >= 4 is 12.7 Å². The van der Waals surface area contributed by atoms with Gasteiger partial charge in [-0.2, -0.15) is 0 Å². The molecule has 0 aliphatic heterocycles. The fourth-order valence-corrected chi connectivity index (χ4v) is 2.38. The van der Waals surface area contributed by atoms with E-state index in [-0.39, 0.29) is 11.8 Å². The van der Waals surface area contributed by atoms with Crippen LogP contribution >= 0.6 is 0 Å². The molecule has 4 nitrogen and oxygen atoms in total. The van der Waals surface area contributed by atoms with Crippen LogP contribution < -0.4 is 5.32 Å². The molecule has 0 aliphatic carbocycles. The van der Waals surface area contributed by atoms with Crippen molar-refractivity contribution in [1.82, 2.24) is 10.3 Å². The van der Waals surface area contributed by atoms with Gasteiger partial charge in [-0.05, 0) is 29.5 Å². The maximum atomic E-state index is 12.1. The van der Waals surface area contributed by atoms with Gasteiger partial charge >= 0.3 is 0 Å². The molecule has 0 saturated carbocycles. The van der Waals surface area contributed by atoms with Crippen molar-refractivity contribution < 1.29 is 9.59 Å². The van der Waals surface area contributed by atoms with E-state index in [4.69, 9.17) is 4.79 Å². The van der Waals surface area contributed by atoms with Gasteiger partial charge in [-0.1, -0.05) is 45.0 Å². The zero-order chi connectivity index (χ0) is 17.4. The highest BCUT2D eigenvalue weighted by Gasteiger charge is 2.15. The predicted octanol–water partition coefficient (Wildman–Crippen LogP) is 3.61. The summed E-state index contributed by atoms with van der Waals surface area (Å²) in [5.41, 5.74) is 4.86. The van der Waals surface area contributed by atoms with E-state index in [1.807, 2.05) is 39.0 Å². The summed E-state index contributed by atoms with van der Waals surface area (Å²) < 4.78 is 0. The number of benzene rings is 1. The van der Waals surface area contributed by atoms with Gasteiger partial charge in [0.15, 0.2) is 0 Å². The molecule has 1 N–H and O–H groups in total. The van der Waals surface area contributed by atoms with Crippen LogP contribution in [0.2, 0.25) is 0 Å². The van der Waals surface area contributed by atoms with Gasteiger partial charge in [0, 0.05) is 18.8 Å². The van der Waals surface area contributed by atoms with Crippen LogP contribution in [0.4, 0.5) is 0 Å². The van der Waals surface area contributed by atoms with Crippen molar-refractivity contribution in [1.29, 1.82) is 0 Å². The number of rotatable bonds is 4. The third-order valence-corrected chi connectivity index (χ3v) is 3.61. The lowest BCUT2D eigenvalue weighted by atomic mass is 9.97. The first-order chi connectivity index (χ1) is 11.1. The lowest BCUT2D eigenvalue weighted by molar-refractivity contribution is -0.0980. The summed E-state index contributed by atoms with van der Waals surface area (Å²) in [5, 5.41) is 2.70. The Balaban J connectivity index is 0.00000127. The minimum atomic E-state index is -0.0836. The molecule has 2 rings (SSSR count). The number of aryl methyl sites for hydroxylation is 1. The number of aromatic nitrogens is 1. The third kappa shape index (κ3) is 4.49. The zero-order valence-electron chi connectivity index (χ0n) is 14.2. The number of hydrogen-bond donors (Lipinski definition) is 1. The second-order valence-electron chi connectivity index (χ2n) is 5.44. The molecule has 0 saturated heterocycles. The first kappa shape index (κ1) is 18.6. The fraction of sp³-hybridized carbons (Fsp3) is 0.316. The van der Waals surface area contributed by atoms with E-state index >= 15 is 0 Å². The maximum absolute atomic E-state index is 12.1. The minimum Gasteiger partial charge on any atom is -0.355 e. The Morgan fingerprint density at radius 1 is 1.22 bits per heavy atom. The highest BCUT2D eigenvalue weighted by molar-refractivity contribution is 5.96. The minimum absolute atomic E-state index is 0.0836. The van der Waals surface area contributed by atoms with E-state index in [0.717, 1.165) is 23.2 Å². The summed E-state index contributed by atoms with van der Waals surface area (Å²) >= 11 is 0. The van der Waals surface area contributed by atoms with Gasteiger partial charge in [-0.3, -0.25) is 9.78 Å². The second-order valence-corrected chi connectivity index (χ2v) is 5.44. The highest BCUT2D eigenvalue weighted by Crippen LogP contribution is 2.25. The van der Waals surface area contributed by atoms with Crippen LogP contribution in [0.5, 0.6) is 0 Å². The van der Waals surface area contributed by atoms with Gasteiger partial charge in [-0.15, -0.1) is 0 Å². The van der Waals surface area contributed by atoms with Crippen molar-refractivity contribution in [3.63, 3.8) is 0 Å². The molecule has 0 bridgehead atoms. The molecule has 1 amide bonds. The number of carbonyl (C=O) groups is 2. The fourth-order valence-electron chi connectivity index (χ4n) is 2.38. The van der Waals surface area contributed by atoms with Crippen molar-refractivity contribution in [2.24, 2.45) is 0 Å². The number of amides is 1. The van der Waals surface area contributed by atoms with Crippen LogP contribution in [0.25, 0.3) is 11.1 Å². The van der Waals surface area contributed by atoms with E-state index < -0.39 is 0 Å². The van der Waals surface area contributed by atoms with E-state index in [0.29, 0.717) is 5.56 Å². The Morgan fingerprint density at radius 3 is 2.48 bits per heavy atom. The summed E-state index contributed by atoms with van der Waals surface area (Å²) in [6.07, 6.45) is 2.85. The summed E-state index contributed by atoms with van der Waals surface area (Å²) in [4.78, 5) is 24.6. The largest absolute Gasteiger partial charge is 0.355 e. The van der Waals surface area contributed by atoms with E-state index in [1.54, 1.807) is 7.05 Å². The molecule has 1 aromatic carbocycles. The lowest BCUT2D eigenvalue weighted by Crippen LogP contribution is -2.20. The molecule has 0 aliphatic rings. The topological polar surface area (TPSA) is 59.1 Å². The summed E-state index contributed by atoms with van der Waals surface area (Å²) in [7, 11) is 1.65. The average Bonchev–Trinajstić information content (AvgIpc) is 2.62. The number of nitrogens with one attached hydrogen (secondary N) is 1. The smallest absolute Gasteiger partial charge is 0.252 e. The molecule has 0 unspecified atom stereocenters. The first-order valence-electron chi connectivity index (χ1n) is 7.67. The van der Waals surface area contributed by atoms with E-state index in [9.17, 15) is 4.79 Å². The summed E-state index contributed by atoms with van der Waals surface area (Å²) in [6, 6.07) is 10.3. The zero-order valence-corrected chi connectivity index (χ0v) is 14.2. The normalized spacial score (nSPS) is 9.96. The first-order valence-corrected chi connectivity index (χ1v) is 7.67. The van der Waals surface area contributed by atoms with Crippen LogP contribution in [-0.4, -0.2) is 24.7 Å². The van der Waals surface area contributed by atoms with Gasteiger partial charge in [0.1, 0.15) is 6.79 Å². The van der Waals surface area contributed by atoms with Gasteiger partial charge in [0.05, 0.1) is 11.3 Å². The molecule has 1 heterocycles. The molecule has 23 heavy (non-hydrogen) atoms. The highest BCUT2D eigenvalue weighted by atomic mass is 16.1. The SMILES string of the molecule is C=O.CCc1cccc(-c2cnc(C(C)C)c(C(=O)NC)c2)c1. The quantitative estimate of drug-likeness (QED) is 0.938. The standard InChI is InChI=1S/C18H22N2O.CH2O/c1-5-13-7-6-8-14(9-13)15-10-16(18(21)19-4)17(12(2)3)20-11-15;1-2/h6-12H,5H2,1-4H3,(H,19,21);1H2. The molecule has 122 valence electrons. The Bertz CT molecular complexity index is 666. The molecule has 2 aromatic rings.